The summed E-state index contributed by atoms with van der Waals surface area (Å²) in [6, 6.07) is 1.80. The van der Waals surface area contributed by atoms with Crippen LogP contribution in [0.1, 0.15) is 26.5 Å². The van der Waals surface area contributed by atoms with Crippen LogP contribution in [0.25, 0.3) is 11.0 Å². The molecule has 2 amide bonds. The summed E-state index contributed by atoms with van der Waals surface area (Å²) in [5.74, 6) is 0.391. The van der Waals surface area contributed by atoms with Gasteiger partial charge in [-0.25, -0.2) is 9.78 Å². The highest BCUT2D eigenvalue weighted by molar-refractivity contribution is 5.92. The number of urea groups is 1. The van der Waals surface area contributed by atoms with Crippen molar-refractivity contribution < 1.29 is 4.79 Å². The molecule has 1 atom stereocenters. The smallest absolute Gasteiger partial charge is 0.319 e. The van der Waals surface area contributed by atoms with E-state index < -0.39 is 0 Å². The van der Waals surface area contributed by atoms with Crippen molar-refractivity contribution in [2.24, 2.45) is 13.0 Å². The van der Waals surface area contributed by atoms with Crippen LogP contribution in [0.5, 0.6) is 0 Å². The van der Waals surface area contributed by atoms with Crippen molar-refractivity contribution >= 4 is 22.8 Å². The molecule has 2 aromatic heterocycles. The van der Waals surface area contributed by atoms with Crippen LogP contribution in [0.2, 0.25) is 0 Å². The van der Waals surface area contributed by atoms with Crippen molar-refractivity contribution in [1.82, 2.24) is 20.1 Å². The summed E-state index contributed by atoms with van der Waals surface area (Å²) in [4.78, 5) is 16.2. The van der Waals surface area contributed by atoms with Gasteiger partial charge in [-0.1, -0.05) is 13.8 Å². The molecule has 0 aromatic carbocycles. The van der Waals surface area contributed by atoms with E-state index in [1.807, 2.05) is 27.0 Å². The summed E-state index contributed by atoms with van der Waals surface area (Å²) < 4.78 is 1.73. The molecule has 0 bridgehead atoms. The van der Waals surface area contributed by atoms with Gasteiger partial charge in [0.25, 0.3) is 0 Å². The van der Waals surface area contributed by atoms with Crippen LogP contribution in [0.3, 0.4) is 0 Å². The first-order chi connectivity index (χ1) is 9.38. The molecular weight excluding hydrogens is 254 g/mol. The van der Waals surface area contributed by atoms with E-state index in [1.165, 1.54) is 0 Å². The molecule has 108 valence electrons. The van der Waals surface area contributed by atoms with Crippen molar-refractivity contribution in [1.29, 1.82) is 0 Å². The first-order valence-electron chi connectivity index (χ1n) is 6.75. The predicted molar refractivity (Wildman–Crippen MR) is 79.7 cm³/mol. The lowest BCUT2D eigenvalue weighted by Gasteiger charge is -2.17. The van der Waals surface area contributed by atoms with E-state index in [1.54, 1.807) is 10.9 Å². The lowest BCUT2D eigenvalue weighted by atomic mass is 10.1. The average Bonchev–Trinajstić information content (AvgIpc) is 2.64. The van der Waals surface area contributed by atoms with Crippen molar-refractivity contribution in [2.45, 2.75) is 33.7 Å². The fraction of sp³-hybridized carbons (Fsp3) is 0.500. The maximum atomic E-state index is 11.9. The summed E-state index contributed by atoms with van der Waals surface area (Å²) in [5.41, 5.74) is 2.38. The van der Waals surface area contributed by atoms with Gasteiger partial charge in [0.1, 0.15) is 0 Å². The largest absolute Gasteiger partial charge is 0.335 e. The number of carbonyl (C=O) groups excluding carboxylic acids is 1. The Kier molecular flexibility index (Phi) is 3.92. The minimum atomic E-state index is -0.214. The minimum Gasteiger partial charge on any atom is -0.335 e. The number of amides is 2. The molecule has 2 aromatic rings. The number of pyridine rings is 1. The summed E-state index contributed by atoms with van der Waals surface area (Å²) >= 11 is 0. The number of nitrogens with one attached hydrogen (secondary N) is 2. The Balaban J connectivity index is 2.14. The van der Waals surface area contributed by atoms with E-state index >= 15 is 0 Å². The number of hydrogen-bond acceptors (Lipinski definition) is 3. The Morgan fingerprint density at radius 1 is 1.35 bits per heavy atom. The number of aryl methyl sites for hydroxylation is 2. The molecule has 1 unspecified atom stereocenters. The fourth-order valence-corrected chi connectivity index (χ4v) is 1.92. The molecule has 20 heavy (non-hydrogen) atoms. The first kappa shape index (κ1) is 14.3. The van der Waals surface area contributed by atoms with Crippen LogP contribution in [-0.2, 0) is 7.05 Å². The third-order valence-electron chi connectivity index (χ3n) is 3.48. The summed E-state index contributed by atoms with van der Waals surface area (Å²) in [6.45, 7) is 8.04. The molecule has 0 saturated heterocycles. The average molecular weight is 275 g/mol. The van der Waals surface area contributed by atoms with Crippen LogP contribution < -0.4 is 10.6 Å². The molecule has 2 heterocycles. The van der Waals surface area contributed by atoms with Gasteiger partial charge in [0, 0.05) is 18.5 Å². The van der Waals surface area contributed by atoms with E-state index in [-0.39, 0.29) is 12.1 Å². The summed E-state index contributed by atoms with van der Waals surface area (Å²) in [6.07, 6.45) is 1.64. The Morgan fingerprint density at radius 2 is 2.05 bits per heavy atom. The number of fused-ring (bicyclic) bond motifs is 1. The van der Waals surface area contributed by atoms with E-state index in [0.29, 0.717) is 11.6 Å². The lowest BCUT2D eigenvalue weighted by molar-refractivity contribution is 0.246. The third kappa shape index (κ3) is 2.89. The molecular formula is C14H21N5O. The zero-order chi connectivity index (χ0) is 14.9. The van der Waals surface area contributed by atoms with E-state index in [9.17, 15) is 4.79 Å². The monoisotopic (exact) mass is 275 g/mol. The third-order valence-corrected chi connectivity index (χ3v) is 3.48. The van der Waals surface area contributed by atoms with Gasteiger partial charge in [-0.15, -0.1) is 0 Å². The molecule has 0 aliphatic rings. The van der Waals surface area contributed by atoms with Gasteiger partial charge in [-0.2, -0.15) is 5.10 Å². The van der Waals surface area contributed by atoms with Gasteiger partial charge in [-0.3, -0.25) is 4.68 Å². The van der Waals surface area contributed by atoms with Crippen LogP contribution >= 0.6 is 0 Å². The topological polar surface area (TPSA) is 71.8 Å². The number of hydrogen-bond donors (Lipinski definition) is 2. The van der Waals surface area contributed by atoms with Gasteiger partial charge in [0.2, 0.25) is 0 Å². The molecule has 0 spiro atoms. The highest BCUT2D eigenvalue weighted by Crippen LogP contribution is 2.19. The molecule has 0 aliphatic heterocycles. The Bertz CT molecular complexity index is 632. The first-order valence-corrected chi connectivity index (χ1v) is 6.75. The van der Waals surface area contributed by atoms with Gasteiger partial charge >= 0.3 is 6.03 Å². The van der Waals surface area contributed by atoms with Crippen molar-refractivity contribution in [2.75, 3.05) is 5.32 Å². The number of aromatic nitrogens is 3. The van der Waals surface area contributed by atoms with Crippen molar-refractivity contribution in [3.8, 4) is 0 Å². The summed E-state index contributed by atoms with van der Waals surface area (Å²) in [7, 11) is 1.85. The Morgan fingerprint density at radius 3 is 2.70 bits per heavy atom. The second kappa shape index (κ2) is 5.48. The normalized spacial score (nSPS) is 12.7. The van der Waals surface area contributed by atoms with Gasteiger partial charge in [-0.05, 0) is 25.8 Å². The zero-order valence-electron chi connectivity index (χ0n) is 12.6. The Labute approximate surface area is 118 Å². The molecule has 2 N–H and O–H groups in total. The van der Waals surface area contributed by atoms with E-state index in [2.05, 4.69) is 34.6 Å². The van der Waals surface area contributed by atoms with Gasteiger partial charge in [0.05, 0.1) is 17.6 Å². The van der Waals surface area contributed by atoms with E-state index in [4.69, 9.17) is 0 Å². The van der Waals surface area contributed by atoms with Crippen molar-refractivity contribution in [3.05, 3.63) is 18.0 Å². The highest BCUT2D eigenvalue weighted by Gasteiger charge is 2.12. The maximum Gasteiger partial charge on any atom is 0.319 e. The molecule has 0 saturated carbocycles. The molecule has 2 rings (SSSR count). The standard InChI is InChI=1S/C14H21N5O/c1-8(2)9(3)16-14(20)17-11-6-12-10(4)18-19(5)13(12)15-7-11/h6-9H,1-5H3,(H2,16,17,20). The maximum absolute atomic E-state index is 11.9. The Hall–Kier alpha value is -2.11. The molecule has 6 heteroatoms. The molecule has 0 fully saturated rings. The minimum absolute atomic E-state index is 0.117. The van der Waals surface area contributed by atoms with Crippen molar-refractivity contribution in [3.63, 3.8) is 0 Å². The SMILES string of the molecule is Cc1nn(C)c2ncc(NC(=O)NC(C)C(C)C)cc12. The molecule has 6 nitrogen and oxygen atoms in total. The fourth-order valence-electron chi connectivity index (χ4n) is 1.92. The second-order valence-corrected chi connectivity index (χ2v) is 5.44. The van der Waals surface area contributed by atoms with Crippen LogP contribution in [-0.4, -0.2) is 26.8 Å². The number of carbonyl (C=O) groups is 1. The lowest BCUT2D eigenvalue weighted by Crippen LogP contribution is -2.39. The predicted octanol–water partition coefficient (Wildman–Crippen LogP) is 2.44. The highest BCUT2D eigenvalue weighted by atomic mass is 16.2. The van der Waals surface area contributed by atoms with E-state index in [0.717, 1.165) is 16.7 Å². The molecule has 0 radical (unpaired) electrons. The van der Waals surface area contributed by atoms with Crippen LogP contribution in [0.15, 0.2) is 12.3 Å². The van der Waals surface area contributed by atoms with Gasteiger partial charge in [0.15, 0.2) is 5.65 Å². The number of rotatable bonds is 3. The van der Waals surface area contributed by atoms with Crippen LogP contribution in [0.4, 0.5) is 10.5 Å². The van der Waals surface area contributed by atoms with Crippen LogP contribution in [0, 0.1) is 12.8 Å². The second-order valence-electron chi connectivity index (χ2n) is 5.44. The zero-order valence-corrected chi connectivity index (χ0v) is 12.6. The quantitative estimate of drug-likeness (QED) is 0.903. The number of anilines is 1. The molecule has 0 aliphatic carbocycles. The summed E-state index contributed by atoms with van der Waals surface area (Å²) in [5, 5.41) is 11.0. The van der Waals surface area contributed by atoms with Gasteiger partial charge < -0.3 is 10.6 Å². The number of nitrogens with zero attached hydrogens (tertiary/aromatic N) is 3.